The van der Waals surface area contributed by atoms with E-state index in [0.717, 1.165) is 36.7 Å². The van der Waals surface area contributed by atoms with Crippen molar-refractivity contribution >= 4 is 22.5 Å². The number of benzene rings is 2. The van der Waals surface area contributed by atoms with Gasteiger partial charge in [0.1, 0.15) is 12.4 Å². The van der Waals surface area contributed by atoms with Crippen LogP contribution in [-0.2, 0) is 22.6 Å². The lowest BCUT2D eigenvalue weighted by Crippen LogP contribution is -2.49. The zero-order valence-electron chi connectivity index (χ0n) is 23.4. The summed E-state index contributed by atoms with van der Waals surface area (Å²) >= 11 is 0. The molecule has 1 saturated heterocycles. The van der Waals surface area contributed by atoms with Crippen LogP contribution in [-0.4, -0.2) is 78.1 Å². The van der Waals surface area contributed by atoms with E-state index >= 15 is 0 Å². The molecular weight excluding hydrogens is 490 g/mol. The lowest BCUT2D eigenvalue weighted by atomic mass is 9.92. The molecule has 2 aliphatic heterocycles. The fourth-order valence-electron chi connectivity index (χ4n) is 5.66. The molecular formula is C31H39N5O3. The second-order valence-corrected chi connectivity index (χ2v) is 10.2. The maximum Gasteiger partial charge on any atom is 0.318 e. The van der Waals surface area contributed by atoms with E-state index in [1.54, 1.807) is 0 Å². The monoisotopic (exact) mass is 529 g/mol. The molecule has 0 N–H and O–H groups in total. The van der Waals surface area contributed by atoms with Gasteiger partial charge in [-0.1, -0.05) is 56.8 Å². The van der Waals surface area contributed by atoms with Crippen LogP contribution >= 0.6 is 0 Å². The summed E-state index contributed by atoms with van der Waals surface area (Å²) in [5.74, 6) is 0.826. The first-order valence-corrected chi connectivity index (χ1v) is 14.0. The van der Waals surface area contributed by atoms with Crippen LogP contribution in [0.15, 0.2) is 49.1 Å². The van der Waals surface area contributed by atoms with Crippen molar-refractivity contribution in [2.45, 2.75) is 39.9 Å². The van der Waals surface area contributed by atoms with Gasteiger partial charge in [0.05, 0.1) is 18.4 Å². The molecule has 39 heavy (non-hydrogen) atoms. The molecule has 3 aromatic rings. The SMILES string of the molecule is C=CC(=O)N1CCN(c2nc(OCCN(CC)CC)nc3c2COC(c2cccc4cccc(C)c24)C3)CC1. The van der Waals surface area contributed by atoms with Crippen molar-refractivity contribution in [3.8, 4) is 6.01 Å². The number of aryl methyl sites for hydroxylation is 1. The Balaban J connectivity index is 1.44. The molecule has 206 valence electrons. The van der Waals surface area contributed by atoms with Gasteiger partial charge in [-0.15, -0.1) is 0 Å². The normalized spacial score (nSPS) is 17.4. The van der Waals surface area contributed by atoms with Gasteiger partial charge in [-0.2, -0.15) is 9.97 Å². The highest BCUT2D eigenvalue weighted by atomic mass is 16.5. The van der Waals surface area contributed by atoms with E-state index in [9.17, 15) is 4.79 Å². The molecule has 1 unspecified atom stereocenters. The van der Waals surface area contributed by atoms with Gasteiger partial charge >= 0.3 is 6.01 Å². The number of hydrogen-bond donors (Lipinski definition) is 0. The van der Waals surface area contributed by atoms with Gasteiger partial charge in [0.2, 0.25) is 5.91 Å². The van der Waals surface area contributed by atoms with Crippen molar-refractivity contribution in [3.63, 3.8) is 0 Å². The van der Waals surface area contributed by atoms with Gasteiger partial charge in [0, 0.05) is 44.7 Å². The van der Waals surface area contributed by atoms with Gasteiger partial charge in [-0.25, -0.2) is 0 Å². The first-order valence-electron chi connectivity index (χ1n) is 14.0. The zero-order valence-corrected chi connectivity index (χ0v) is 23.4. The Bertz CT molecular complexity index is 1330. The summed E-state index contributed by atoms with van der Waals surface area (Å²) < 4.78 is 12.6. The Labute approximate surface area is 231 Å². The van der Waals surface area contributed by atoms with E-state index in [2.05, 4.69) is 73.5 Å². The smallest absolute Gasteiger partial charge is 0.318 e. The van der Waals surface area contributed by atoms with Crippen molar-refractivity contribution in [2.24, 2.45) is 0 Å². The molecule has 2 aliphatic rings. The maximum absolute atomic E-state index is 12.1. The number of anilines is 1. The van der Waals surface area contributed by atoms with E-state index in [-0.39, 0.29) is 12.0 Å². The van der Waals surface area contributed by atoms with Gasteiger partial charge in [-0.05, 0) is 48.0 Å². The summed E-state index contributed by atoms with van der Waals surface area (Å²) in [4.78, 5) is 28.3. The van der Waals surface area contributed by atoms with Crippen LogP contribution in [0.4, 0.5) is 5.82 Å². The van der Waals surface area contributed by atoms with Crippen molar-refractivity contribution in [3.05, 3.63) is 71.4 Å². The highest BCUT2D eigenvalue weighted by molar-refractivity contribution is 5.89. The summed E-state index contributed by atoms with van der Waals surface area (Å²) in [6, 6.07) is 13.2. The number of carbonyl (C=O) groups is 1. The Hall–Kier alpha value is -3.49. The molecule has 1 aromatic heterocycles. The van der Waals surface area contributed by atoms with Crippen LogP contribution in [0.5, 0.6) is 6.01 Å². The quantitative estimate of drug-likeness (QED) is 0.383. The van der Waals surface area contributed by atoms with Crippen LogP contribution < -0.4 is 9.64 Å². The van der Waals surface area contributed by atoms with Gasteiger partial charge in [0.25, 0.3) is 0 Å². The van der Waals surface area contributed by atoms with Crippen molar-refractivity contribution < 1.29 is 14.3 Å². The third-order valence-electron chi connectivity index (χ3n) is 7.95. The molecule has 0 saturated carbocycles. The van der Waals surface area contributed by atoms with Crippen molar-refractivity contribution in [1.82, 2.24) is 19.8 Å². The van der Waals surface area contributed by atoms with Gasteiger partial charge in [0.15, 0.2) is 0 Å². The van der Waals surface area contributed by atoms with Crippen LogP contribution in [0.1, 0.15) is 42.3 Å². The first-order chi connectivity index (χ1) is 19.0. The number of aromatic nitrogens is 2. The molecule has 5 rings (SSSR count). The van der Waals surface area contributed by atoms with Crippen LogP contribution in [0.25, 0.3) is 10.8 Å². The largest absolute Gasteiger partial charge is 0.462 e. The van der Waals surface area contributed by atoms with E-state index in [4.69, 9.17) is 19.4 Å². The van der Waals surface area contributed by atoms with Crippen LogP contribution in [0, 0.1) is 6.92 Å². The Morgan fingerprint density at radius 2 is 1.87 bits per heavy atom. The third-order valence-corrected chi connectivity index (χ3v) is 7.95. The maximum atomic E-state index is 12.1. The zero-order chi connectivity index (χ0) is 27.4. The summed E-state index contributed by atoms with van der Waals surface area (Å²) in [6.45, 7) is 16.5. The highest BCUT2D eigenvalue weighted by Gasteiger charge is 2.31. The molecule has 2 aromatic carbocycles. The fraction of sp³-hybridized carbons (Fsp3) is 0.452. The van der Waals surface area contributed by atoms with Crippen LogP contribution in [0.3, 0.4) is 0 Å². The molecule has 8 nitrogen and oxygen atoms in total. The number of piperazine rings is 1. The molecule has 3 heterocycles. The lowest BCUT2D eigenvalue weighted by molar-refractivity contribution is -0.126. The lowest BCUT2D eigenvalue weighted by Gasteiger charge is -2.37. The van der Waals surface area contributed by atoms with Gasteiger partial charge < -0.3 is 24.2 Å². The number of hydrogen-bond acceptors (Lipinski definition) is 7. The van der Waals surface area contributed by atoms with E-state index in [1.807, 2.05) is 4.90 Å². The summed E-state index contributed by atoms with van der Waals surface area (Å²) in [5.41, 5.74) is 4.43. The minimum absolute atomic E-state index is 0.0312. The van der Waals surface area contributed by atoms with Crippen molar-refractivity contribution in [1.29, 1.82) is 0 Å². The van der Waals surface area contributed by atoms with Crippen LogP contribution in [0.2, 0.25) is 0 Å². The molecule has 0 bridgehead atoms. The number of rotatable bonds is 9. The van der Waals surface area contributed by atoms with E-state index < -0.39 is 0 Å². The summed E-state index contributed by atoms with van der Waals surface area (Å²) in [6.07, 6.45) is 1.93. The number of carbonyl (C=O) groups excluding carboxylic acids is 1. The Morgan fingerprint density at radius 1 is 1.13 bits per heavy atom. The highest BCUT2D eigenvalue weighted by Crippen LogP contribution is 2.38. The topological polar surface area (TPSA) is 71.0 Å². The standard InChI is InChI=1S/C31H39N5O3/c1-5-28(37)35-14-16-36(17-15-35)30-25-21-39-27(24-13-9-12-23-11-8-10-22(4)29(23)24)20-26(25)32-31(33-30)38-19-18-34(6-2)7-3/h5,8-13,27H,1,6-7,14-21H2,2-4H3. The molecule has 1 fully saturated rings. The van der Waals surface area contributed by atoms with Crippen molar-refractivity contribution in [2.75, 3.05) is 57.3 Å². The number of amides is 1. The third kappa shape index (κ3) is 5.77. The minimum atomic E-state index is -0.101. The molecule has 1 atom stereocenters. The van der Waals surface area contributed by atoms with E-state index in [0.29, 0.717) is 51.8 Å². The number of nitrogens with zero attached hydrogens (tertiary/aromatic N) is 5. The number of fused-ring (bicyclic) bond motifs is 2. The average molecular weight is 530 g/mol. The predicted octanol–water partition coefficient (Wildman–Crippen LogP) is 4.31. The second-order valence-electron chi connectivity index (χ2n) is 10.2. The minimum Gasteiger partial charge on any atom is -0.462 e. The molecule has 0 spiro atoms. The Morgan fingerprint density at radius 3 is 2.59 bits per heavy atom. The summed E-state index contributed by atoms with van der Waals surface area (Å²) in [7, 11) is 0. The first kappa shape index (κ1) is 27.1. The molecule has 1 amide bonds. The molecule has 0 radical (unpaired) electrons. The molecule has 0 aliphatic carbocycles. The average Bonchev–Trinajstić information content (AvgIpc) is 2.98. The summed E-state index contributed by atoms with van der Waals surface area (Å²) in [5, 5.41) is 2.47. The fourth-order valence-corrected chi connectivity index (χ4v) is 5.66. The van der Waals surface area contributed by atoms with Gasteiger partial charge in [-0.3, -0.25) is 4.79 Å². The second kappa shape index (κ2) is 12.1. The molecule has 8 heteroatoms. The number of ether oxygens (including phenoxy) is 2. The number of likely N-dealkylation sites (N-methyl/N-ethyl adjacent to an activating group) is 1. The van der Waals surface area contributed by atoms with E-state index in [1.165, 1.54) is 28.0 Å². The predicted molar refractivity (Wildman–Crippen MR) is 154 cm³/mol. The Kier molecular flexibility index (Phi) is 8.43.